The van der Waals surface area contributed by atoms with E-state index in [4.69, 9.17) is 4.74 Å². The Labute approximate surface area is 138 Å². The summed E-state index contributed by atoms with van der Waals surface area (Å²) in [6, 6.07) is 9.17. The number of hydrogen-bond acceptors (Lipinski definition) is 4. The van der Waals surface area contributed by atoms with Crippen LogP contribution in [0.25, 0.3) is 5.69 Å². The molecule has 1 aromatic carbocycles. The number of ether oxygens (including phenoxy) is 1. The zero-order valence-corrected chi connectivity index (χ0v) is 13.2. The van der Waals surface area contributed by atoms with Crippen molar-refractivity contribution in [1.29, 1.82) is 0 Å². The summed E-state index contributed by atoms with van der Waals surface area (Å²) in [5.74, 6) is -0.502. The highest BCUT2D eigenvalue weighted by molar-refractivity contribution is 6.05. The summed E-state index contributed by atoms with van der Waals surface area (Å²) >= 11 is 0. The Kier molecular flexibility index (Phi) is 4.24. The first kappa shape index (κ1) is 15.7. The molecule has 7 heteroatoms. The molecule has 6 nitrogen and oxygen atoms in total. The number of hydrogen-bond donors (Lipinski definition) is 0. The van der Waals surface area contributed by atoms with E-state index in [0.29, 0.717) is 5.69 Å². The topological polar surface area (TPSA) is 60.2 Å². The third-order valence-electron chi connectivity index (χ3n) is 3.54. The smallest absolute Gasteiger partial charge is 0.276 e. The van der Waals surface area contributed by atoms with Gasteiger partial charge in [-0.3, -0.25) is 9.78 Å². The summed E-state index contributed by atoms with van der Waals surface area (Å²) in [6.07, 6.45) is 4.97. The first-order chi connectivity index (χ1) is 11.6. The minimum Gasteiger partial charge on any atom is -0.494 e. The average molecular weight is 326 g/mol. The molecule has 0 saturated heterocycles. The van der Waals surface area contributed by atoms with E-state index in [1.54, 1.807) is 48.5 Å². The van der Waals surface area contributed by atoms with Crippen molar-refractivity contribution in [3.05, 3.63) is 66.5 Å². The Morgan fingerprint density at radius 2 is 2.08 bits per heavy atom. The largest absolute Gasteiger partial charge is 0.494 e. The van der Waals surface area contributed by atoms with Crippen molar-refractivity contribution < 1.29 is 13.9 Å². The van der Waals surface area contributed by atoms with E-state index in [1.807, 2.05) is 0 Å². The number of nitrogens with zero attached hydrogens (tertiary/aromatic N) is 4. The molecule has 3 rings (SSSR count). The summed E-state index contributed by atoms with van der Waals surface area (Å²) in [5.41, 5.74) is 1.42. The molecular formula is C17H15FN4O2. The van der Waals surface area contributed by atoms with Crippen molar-refractivity contribution in [1.82, 2.24) is 14.8 Å². The lowest BCUT2D eigenvalue weighted by Gasteiger charge is -2.19. The number of amides is 1. The fraction of sp³-hybridized carbons (Fsp3) is 0.118. The fourth-order valence-corrected chi connectivity index (χ4v) is 2.31. The van der Waals surface area contributed by atoms with Gasteiger partial charge in [0.25, 0.3) is 5.91 Å². The number of halogens is 1. The molecule has 0 aliphatic carbocycles. The van der Waals surface area contributed by atoms with Gasteiger partial charge in [-0.15, -0.1) is 0 Å². The zero-order chi connectivity index (χ0) is 17.1. The van der Waals surface area contributed by atoms with E-state index < -0.39 is 5.82 Å². The number of aromatic nitrogens is 3. The van der Waals surface area contributed by atoms with Gasteiger partial charge in [0.2, 0.25) is 0 Å². The highest BCUT2D eigenvalue weighted by Gasteiger charge is 2.19. The minimum absolute atomic E-state index is 0.247. The Balaban J connectivity index is 1.93. The minimum atomic E-state index is -0.435. The SMILES string of the molecule is COc1cc(F)ccc1N(C)C(=O)c1cc(-n2cccn2)ccn1. The van der Waals surface area contributed by atoms with E-state index in [-0.39, 0.29) is 17.4 Å². The summed E-state index contributed by atoms with van der Waals surface area (Å²) in [7, 11) is 3.01. The molecule has 0 bridgehead atoms. The molecule has 0 spiro atoms. The number of carbonyl (C=O) groups is 1. The Morgan fingerprint density at radius 1 is 1.25 bits per heavy atom. The van der Waals surface area contributed by atoms with Gasteiger partial charge in [-0.05, 0) is 30.3 Å². The van der Waals surface area contributed by atoms with Gasteiger partial charge in [-0.25, -0.2) is 9.07 Å². The summed E-state index contributed by atoms with van der Waals surface area (Å²) in [6.45, 7) is 0. The second-order valence-corrected chi connectivity index (χ2v) is 5.03. The third kappa shape index (κ3) is 2.96. The normalized spacial score (nSPS) is 10.5. The van der Waals surface area contributed by atoms with Gasteiger partial charge in [-0.2, -0.15) is 5.10 Å². The third-order valence-corrected chi connectivity index (χ3v) is 3.54. The van der Waals surface area contributed by atoms with Crippen LogP contribution in [0, 0.1) is 5.82 Å². The zero-order valence-electron chi connectivity index (χ0n) is 13.2. The second-order valence-electron chi connectivity index (χ2n) is 5.03. The lowest BCUT2D eigenvalue weighted by Crippen LogP contribution is -2.27. The van der Waals surface area contributed by atoms with Crippen LogP contribution in [0.5, 0.6) is 5.75 Å². The Bertz CT molecular complexity index is 865. The Hall–Kier alpha value is -3.22. The van der Waals surface area contributed by atoms with Crippen LogP contribution >= 0.6 is 0 Å². The standard InChI is InChI=1S/C17H15FN4O2/c1-21(15-5-4-12(18)10-16(15)24-2)17(23)14-11-13(6-8-19-14)22-9-3-7-20-22/h3-11H,1-2H3. The van der Waals surface area contributed by atoms with Gasteiger partial charge in [0, 0.05) is 31.7 Å². The van der Waals surface area contributed by atoms with Crippen molar-refractivity contribution in [2.75, 3.05) is 19.1 Å². The molecule has 122 valence electrons. The highest BCUT2D eigenvalue weighted by Crippen LogP contribution is 2.29. The fourth-order valence-electron chi connectivity index (χ4n) is 2.31. The van der Waals surface area contributed by atoms with Crippen molar-refractivity contribution in [2.45, 2.75) is 0 Å². The molecule has 2 aromatic heterocycles. The highest BCUT2D eigenvalue weighted by atomic mass is 19.1. The molecule has 0 N–H and O–H groups in total. The van der Waals surface area contributed by atoms with Crippen molar-refractivity contribution in [3.8, 4) is 11.4 Å². The summed E-state index contributed by atoms with van der Waals surface area (Å²) in [4.78, 5) is 18.2. The van der Waals surface area contributed by atoms with Gasteiger partial charge in [0.15, 0.2) is 0 Å². The molecule has 0 aliphatic rings. The van der Waals surface area contributed by atoms with E-state index in [0.717, 1.165) is 5.69 Å². The van der Waals surface area contributed by atoms with Crippen molar-refractivity contribution >= 4 is 11.6 Å². The van der Waals surface area contributed by atoms with Crippen LogP contribution in [0.4, 0.5) is 10.1 Å². The van der Waals surface area contributed by atoms with Gasteiger partial charge in [-0.1, -0.05) is 0 Å². The first-order valence-electron chi connectivity index (χ1n) is 7.18. The average Bonchev–Trinajstić information content (AvgIpc) is 3.15. The molecular weight excluding hydrogens is 311 g/mol. The first-order valence-corrected chi connectivity index (χ1v) is 7.18. The molecule has 0 fully saturated rings. The number of rotatable bonds is 4. The molecule has 24 heavy (non-hydrogen) atoms. The van der Waals surface area contributed by atoms with Gasteiger partial charge in [0.05, 0.1) is 18.5 Å². The predicted molar refractivity (Wildman–Crippen MR) is 87.0 cm³/mol. The molecule has 0 saturated carbocycles. The van der Waals surface area contributed by atoms with Gasteiger partial charge < -0.3 is 9.64 Å². The van der Waals surface area contributed by atoms with Crippen LogP contribution in [-0.4, -0.2) is 34.8 Å². The monoisotopic (exact) mass is 326 g/mol. The van der Waals surface area contributed by atoms with Crippen LogP contribution in [-0.2, 0) is 0 Å². The van der Waals surface area contributed by atoms with Crippen LogP contribution < -0.4 is 9.64 Å². The lowest BCUT2D eigenvalue weighted by molar-refractivity contribution is 0.0987. The molecule has 2 heterocycles. The number of methoxy groups -OCH3 is 1. The van der Waals surface area contributed by atoms with E-state index in [2.05, 4.69) is 10.1 Å². The molecule has 0 radical (unpaired) electrons. The Morgan fingerprint density at radius 3 is 2.79 bits per heavy atom. The maximum absolute atomic E-state index is 13.3. The molecule has 0 aliphatic heterocycles. The van der Waals surface area contributed by atoms with E-state index in [9.17, 15) is 9.18 Å². The molecule has 0 atom stereocenters. The maximum atomic E-state index is 13.3. The predicted octanol–water partition coefficient (Wildman–Crippen LogP) is 2.69. The van der Waals surface area contributed by atoms with Crippen molar-refractivity contribution in [2.24, 2.45) is 0 Å². The van der Waals surface area contributed by atoms with Gasteiger partial charge in [0.1, 0.15) is 17.3 Å². The van der Waals surface area contributed by atoms with Crippen LogP contribution in [0.2, 0.25) is 0 Å². The number of pyridine rings is 1. The van der Waals surface area contributed by atoms with Crippen LogP contribution in [0.3, 0.4) is 0 Å². The van der Waals surface area contributed by atoms with E-state index >= 15 is 0 Å². The summed E-state index contributed by atoms with van der Waals surface area (Å²) in [5, 5.41) is 4.13. The van der Waals surface area contributed by atoms with Crippen LogP contribution in [0.1, 0.15) is 10.5 Å². The number of benzene rings is 1. The molecule has 0 unspecified atom stereocenters. The maximum Gasteiger partial charge on any atom is 0.276 e. The van der Waals surface area contributed by atoms with Crippen LogP contribution in [0.15, 0.2) is 55.0 Å². The molecule has 1 amide bonds. The summed E-state index contributed by atoms with van der Waals surface area (Å²) < 4.78 is 20.1. The van der Waals surface area contributed by atoms with Crippen molar-refractivity contribution in [3.63, 3.8) is 0 Å². The quantitative estimate of drug-likeness (QED) is 0.739. The van der Waals surface area contributed by atoms with E-state index in [1.165, 1.54) is 30.2 Å². The lowest BCUT2D eigenvalue weighted by atomic mass is 10.2. The number of carbonyl (C=O) groups excluding carboxylic acids is 1. The molecule has 3 aromatic rings. The number of anilines is 1. The van der Waals surface area contributed by atoms with Gasteiger partial charge >= 0.3 is 0 Å². The second kappa shape index (κ2) is 6.49.